The summed E-state index contributed by atoms with van der Waals surface area (Å²) in [5.41, 5.74) is 1.04. The number of aromatic nitrogens is 3. The molecule has 4 heterocycles. The first-order valence-corrected chi connectivity index (χ1v) is 10.2. The van der Waals surface area contributed by atoms with Crippen molar-refractivity contribution in [3.05, 3.63) is 48.7 Å². The number of amides is 1. The van der Waals surface area contributed by atoms with Gasteiger partial charge in [-0.15, -0.1) is 0 Å². The number of likely N-dealkylation sites (tertiary alicyclic amines) is 1. The Balaban J connectivity index is 1.26. The molecule has 0 radical (unpaired) electrons. The van der Waals surface area contributed by atoms with Gasteiger partial charge in [-0.3, -0.25) is 19.7 Å². The quantitative estimate of drug-likeness (QED) is 0.854. The smallest absolute Gasteiger partial charge is 0.224 e. The lowest BCUT2D eigenvalue weighted by Crippen LogP contribution is -2.50. The summed E-state index contributed by atoms with van der Waals surface area (Å²) in [6.45, 7) is 4.52. The van der Waals surface area contributed by atoms with Crippen LogP contribution in [0.4, 0.5) is 5.82 Å². The molecule has 2 aromatic heterocycles. The molecular formula is C21H28N6O. The summed E-state index contributed by atoms with van der Waals surface area (Å²) in [6, 6.07) is 4.45. The third-order valence-electron chi connectivity index (χ3n) is 5.87. The van der Waals surface area contributed by atoms with Crippen molar-refractivity contribution in [3.8, 4) is 0 Å². The van der Waals surface area contributed by atoms with Gasteiger partial charge in [-0.25, -0.2) is 4.98 Å². The number of nitrogens with one attached hydrogen (secondary N) is 1. The summed E-state index contributed by atoms with van der Waals surface area (Å²) in [5, 5.41) is 3.09. The largest absolute Gasteiger partial charge is 0.355 e. The van der Waals surface area contributed by atoms with Crippen LogP contribution >= 0.6 is 0 Å². The summed E-state index contributed by atoms with van der Waals surface area (Å²) >= 11 is 0. The molecule has 4 rings (SSSR count). The number of nitrogens with zero attached hydrogens (tertiary/aromatic N) is 5. The van der Waals surface area contributed by atoms with Crippen LogP contribution in [0.3, 0.4) is 0 Å². The van der Waals surface area contributed by atoms with E-state index in [0.717, 1.165) is 63.2 Å². The fourth-order valence-corrected chi connectivity index (χ4v) is 4.30. The lowest BCUT2D eigenvalue weighted by Gasteiger charge is -2.42. The van der Waals surface area contributed by atoms with Gasteiger partial charge < -0.3 is 10.2 Å². The highest BCUT2D eigenvalue weighted by Gasteiger charge is 2.31. The number of anilines is 1. The SMILES string of the molecule is O=C(NCc1cccnc1)C1CCCN(C2CCN(c3cnccn3)CC2)C1. The zero-order valence-corrected chi connectivity index (χ0v) is 16.2. The van der Waals surface area contributed by atoms with Crippen molar-refractivity contribution in [2.45, 2.75) is 38.3 Å². The molecule has 28 heavy (non-hydrogen) atoms. The van der Waals surface area contributed by atoms with Crippen LogP contribution in [-0.2, 0) is 11.3 Å². The second kappa shape index (κ2) is 9.10. The third-order valence-corrected chi connectivity index (χ3v) is 5.87. The van der Waals surface area contributed by atoms with Gasteiger partial charge in [-0.1, -0.05) is 6.07 Å². The molecule has 1 amide bonds. The Hall–Kier alpha value is -2.54. The van der Waals surface area contributed by atoms with Gasteiger partial charge in [-0.05, 0) is 43.9 Å². The van der Waals surface area contributed by atoms with Gasteiger partial charge in [0, 0.05) is 57.0 Å². The minimum Gasteiger partial charge on any atom is -0.355 e. The first-order chi connectivity index (χ1) is 13.8. The average molecular weight is 380 g/mol. The van der Waals surface area contributed by atoms with E-state index in [-0.39, 0.29) is 11.8 Å². The van der Waals surface area contributed by atoms with Crippen molar-refractivity contribution < 1.29 is 4.79 Å². The van der Waals surface area contributed by atoms with E-state index in [9.17, 15) is 4.79 Å². The molecule has 1 unspecified atom stereocenters. The molecule has 2 aliphatic heterocycles. The molecule has 0 aliphatic carbocycles. The first kappa shape index (κ1) is 18.8. The minimum absolute atomic E-state index is 0.0865. The Morgan fingerprint density at radius 3 is 2.68 bits per heavy atom. The van der Waals surface area contributed by atoms with Crippen molar-refractivity contribution in [3.63, 3.8) is 0 Å². The maximum Gasteiger partial charge on any atom is 0.224 e. The minimum atomic E-state index is 0.0865. The predicted molar refractivity (Wildman–Crippen MR) is 108 cm³/mol. The molecule has 0 spiro atoms. The van der Waals surface area contributed by atoms with Crippen molar-refractivity contribution in [2.24, 2.45) is 5.92 Å². The van der Waals surface area contributed by atoms with Gasteiger partial charge >= 0.3 is 0 Å². The van der Waals surface area contributed by atoms with E-state index in [2.05, 4.69) is 30.1 Å². The Bertz CT molecular complexity index is 748. The van der Waals surface area contributed by atoms with E-state index in [1.807, 2.05) is 18.3 Å². The van der Waals surface area contributed by atoms with Crippen molar-refractivity contribution >= 4 is 11.7 Å². The number of carbonyl (C=O) groups excluding carboxylic acids is 1. The fourth-order valence-electron chi connectivity index (χ4n) is 4.30. The fraction of sp³-hybridized carbons (Fsp3) is 0.524. The Kier molecular flexibility index (Phi) is 6.11. The highest BCUT2D eigenvalue weighted by atomic mass is 16.1. The molecule has 7 heteroatoms. The first-order valence-electron chi connectivity index (χ1n) is 10.2. The summed E-state index contributed by atoms with van der Waals surface area (Å²) in [4.78, 5) is 30.2. The normalized spacial score (nSPS) is 21.4. The van der Waals surface area contributed by atoms with Gasteiger partial charge in [0.2, 0.25) is 5.91 Å². The molecule has 0 bridgehead atoms. The Labute approximate surface area is 166 Å². The summed E-state index contributed by atoms with van der Waals surface area (Å²) in [7, 11) is 0. The van der Waals surface area contributed by atoms with E-state index in [4.69, 9.17) is 0 Å². The van der Waals surface area contributed by atoms with Crippen molar-refractivity contribution in [1.82, 2.24) is 25.2 Å². The second-order valence-electron chi connectivity index (χ2n) is 7.69. The molecule has 1 N–H and O–H groups in total. The van der Waals surface area contributed by atoms with Crippen LogP contribution in [0.15, 0.2) is 43.1 Å². The molecule has 0 saturated carbocycles. The van der Waals surface area contributed by atoms with E-state index < -0.39 is 0 Å². The van der Waals surface area contributed by atoms with Gasteiger partial charge in [0.1, 0.15) is 5.82 Å². The van der Waals surface area contributed by atoms with Crippen LogP contribution in [0.1, 0.15) is 31.2 Å². The average Bonchev–Trinajstić information content (AvgIpc) is 2.79. The molecule has 2 aromatic rings. The molecule has 148 valence electrons. The van der Waals surface area contributed by atoms with Gasteiger partial charge in [0.05, 0.1) is 12.1 Å². The van der Waals surface area contributed by atoms with E-state index in [1.54, 1.807) is 24.8 Å². The highest BCUT2D eigenvalue weighted by Crippen LogP contribution is 2.25. The summed E-state index contributed by atoms with van der Waals surface area (Å²) in [5.74, 6) is 1.22. The Morgan fingerprint density at radius 2 is 1.93 bits per heavy atom. The molecule has 7 nitrogen and oxygen atoms in total. The molecule has 1 atom stereocenters. The highest BCUT2D eigenvalue weighted by molar-refractivity contribution is 5.78. The van der Waals surface area contributed by atoms with E-state index >= 15 is 0 Å². The van der Waals surface area contributed by atoms with Crippen LogP contribution < -0.4 is 10.2 Å². The topological polar surface area (TPSA) is 74.2 Å². The number of rotatable bonds is 5. The molecule has 2 aliphatic rings. The number of hydrogen-bond donors (Lipinski definition) is 1. The standard InChI is InChI=1S/C21H28N6O/c28-21(25-14-17-3-1-7-22-13-17)18-4-2-10-27(16-18)19-5-11-26(12-6-19)20-15-23-8-9-24-20/h1,3,7-9,13,15,18-19H,2,4-6,10-12,14,16H2,(H,25,28). The van der Waals surface area contributed by atoms with Crippen LogP contribution in [0.2, 0.25) is 0 Å². The lowest BCUT2D eigenvalue weighted by molar-refractivity contribution is -0.127. The van der Waals surface area contributed by atoms with Crippen LogP contribution in [0, 0.1) is 5.92 Å². The molecule has 2 fully saturated rings. The monoisotopic (exact) mass is 380 g/mol. The van der Waals surface area contributed by atoms with Crippen molar-refractivity contribution in [1.29, 1.82) is 0 Å². The number of piperidine rings is 2. The Morgan fingerprint density at radius 1 is 1.07 bits per heavy atom. The maximum atomic E-state index is 12.7. The number of pyridine rings is 1. The lowest BCUT2D eigenvalue weighted by atomic mass is 9.93. The van der Waals surface area contributed by atoms with Gasteiger partial charge in [0.15, 0.2) is 0 Å². The van der Waals surface area contributed by atoms with Crippen LogP contribution in [0.25, 0.3) is 0 Å². The van der Waals surface area contributed by atoms with Crippen molar-refractivity contribution in [2.75, 3.05) is 31.1 Å². The third kappa shape index (κ3) is 4.65. The van der Waals surface area contributed by atoms with Gasteiger partial charge in [-0.2, -0.15) is 0 Å². The summed E-state index contributed by atoms with van der Waals surface area (Å²) < 4.78 is 0. The summed E-state index contributed by atoms with van der Waals surface area (Å²) in [6.07, 6.45) is 13.1. The zero-order valence-electron chi connectivity index (χ0n) is 16.2. The van der Waals surface area contributed by atoms with Crippen LogP contribution in [0.5, 0.6) is 0 Å². The predicted octanol–water partition coefficient (Wildman–Crippen LogP) is 1.87. The second-order valence-corrected chi connectivity index (χ2v) is 7.69. The number of hydrogen-bond acceptors (Lipinski definition) is 6. The van der Waals surface area contributed by atoms with Gasteiger partial charge in [0.25, 0.3) is 0 Å². The molecule has 0 aromatic carbocycles. The molecule has 2 saturated heterocycles. The zero-order chi connectivity index (χ0) is 19.2. The maximum absolute atomic E-state index is 12.7. The van der Waals surface area contributed by atoms with Crippen LogP contribution in [-0.4, -0.2) is 58.0 Å². The number of carbonyl (C=O) groups is 1. The van der Waals surface area contributed by atoms with E-state index in [0.29, 0.717) is 12.6 Å². The van der Waals surface area contributed by atoms with E-state index in [1.165, 1.54) is 0 Å². The molecular weight excluding hydrogens is 352 g/mol.